The largest absolute Gasteiger partial charge is 0.456 e. The van der Waals surface area contributed by atoms with E-state index in [0.717, 1.165) is 27.6 Å². The Morgan fingerprint density at radius 1 is 0.422 bits per heavy atom. The number of rotatable bonds is 1. The molecule has 2 nitrogen and oxygen atoms in total. The predicted octanol–water partition coefficient (Wildman–Crippen LogP) is 11.0. The third kappa shape index (κ3) is 2.73. The van der Waals surface area contributed by atoms with Crippen molar-refractivity contribution in [2.24, 2.45) is 0 Å². The van der Waals surface area contributed by atoms with Gasteiger partial charge in [-0.1, -0.05) is 121 Å². The summed E-state index contributed by atoms with van der Waals surface area (Å²) in [5.41, 5.74) is 15.8. The highest BCUT2D eigenvalue weighted by molar-refractivity contribution is 6.17. The highest BCUT2D eigenvalue weighted by atomic mass is 16.3. The van der Waals surface area contributed by atoms with Gasteiger partial charge in [-0.3, -0.25) is 0 Å². The van der Waals surface area contributed by atoms with Crippen LogP contribution in [0.25, 0.3) is 71.7 Å². The second-order valence-corrected chi connectivity index (χ2v) is 12.4. The molecule has 0 bridgehead atoms. The molecule has 0 unspecified atom stereocenters. The molecule has 208 valence electrons. The van der Waals surface area contributed by atoms with E-state index in [1.54, 1.807) is 0 Å². The molecule has 0 fully saturated rings. The van der Waals surface area contributed by atoms with Crippen LogP contribution in [0.3, 0.4) is 0 Å². The molecule has 0 atom stereocenters. The average Bonchev–Trinajstić information content (AvgIpc) is 3.81. The molecular weight excluding hydrogens is 546 g/mol. The van der Waals surface area contributed by atoms with Crippen LogP contribution < -0.4 is 0 Å². The molecule has 11 rings (SSSR count). The van der Waals surface area contributed by atoms with E-state index < -0.39 is 0 Å². The maximum absolute atomic E-state index is 6.24. The fourth-order valence-electron chi connectivity index (χ4n) is 8.75. The lowest BCUT2D eigenvalue weighted by Crippen LogP contribution is -2.25. The predicted molar refractivity (Wildman–Crippen MR) is 184 cm³/mol. The number of hydrogen-bond acceptors (Lipinski definition) is 1. The summed E-state index contributed by atoms with van der Waals surface area (Å²) in [4.78, 5) is 0. The quantitative estimate of drug-likeness (QED) is 0.192. The van der Waals surface area contributed by atoms with Gasteiger partial charge in [0.25, 0.3) is 0 Å². The van der Waals surface area contributed by atoms with Crippen molar-refractivity contribution in [1.82, 2.24) is 4.57 Å². The number of nitrogens with zero attached hydrogens (tertiary/aromatic N) is 1. The van der Waals surface area contributed by atoms with Crippen LogP contribution in [0.15, 0.2) is 156 Å². The third-order valence-corrected chi connectivity index (χ3v) is 10.4. The molecule has 2 heterocycles. The Labute approximate surface area is 259 Å². The Bertz CT molecular complexity index is 2670. The fourth-order valence-corrected chi connectivity index (χ4v) is 8.75. The van der Waals surface area contributed by atoms with Crippen molar-refractivity contribution in [3.05, 3.63) is 174 Å². The minimum absolute atomic E-state index is 0.376. The van der Waals surface area contributed by atoms with Crippen molar-refractivity contribution in [2.75, 3.05) is 0 Å². The van der Waals surface area contributed by atoms with Gasteiger partial charge < -0.3 is 8.98 Å². The number of fused-ring (bicyclic) bond motifs is 17. The van der Waals surface area contributed by atoms with Crippen LogP contribution in [-0.4, -0.2) is 4.57 Å². The fraction of sp³-hybridized carbons (Fsp3) is 0.0233. The normalized spacial score (nSPS) is 14.0. The first-order chi connectivity index (χ1) is 22.3. The van der Waals surface area contributed by atoms with Crippen LogP contribution in [0.4, 0.5) is 0 Å². The summed E-state index contributed by atoms with van der Waals surface area (Å²) >= 11 is 0. The highest BCUT2D eigenvalue weighted by Crippen LogP contribution is 2.64. The van der Waals surface area contributed by atoms with Crippen LogP contribution in [0.1, 0.15) is 22.3 Å². The van der Waals surface area contributed by atoms with Gasteiger partial charge in [0, 0.05) is 32.8 Å². The lowest BCUT2D eigenvalue weighted by atomic mass is 9.70. The summed E-state index contributed by atoms with van der Waals surface area (Å²) in [6, 6.07) is 55.7. The van der Waals surface area contributed by atoms with Gasteiger partial charge in [-0.05, 0) is 69.3 Å². The van der Waals surface area contributed by atoms with Gasteiger partial charge in [0.1, 0.15) is 11.2 Å². The van der Waals surface area contributed by atoms with Crippen LogP contribution in [0, 0.1) is 0 Å². The minimum Gasteiger partial charge on any atom is -0.456 e. The molecule has 0 saturated heterocycles. The molecule has 0 amide bonds. The van der Waals surface area contributed by atoms with E-state index in [0.29, 0.717) is 0 Å². The Kier molecular flexibility index (Phi) is 4.29. The zero-order valence-corrected chi connectivity index (χ0v) is 24.3. The SMILES string of the molecule is c1ccc2c(c1)-c1ccccc1C21c2ccccc2-c2c1ccc1c3ccccc3n(-c3ccc4oc5ccccc5c4c3)c21. The van der Waals surface area contributed by atoms with E-state index in [1.165, 1.54) is 66.3 Å². The molecule has 0 radical (unpaired) electrons. The van der Waals surface area contributed by atoms with Crippen LogP contribution in [0.2, 0.25) is 0 Å². The summed E-state index contributed by atoms with van der Waals surface area (Å²) < 4.78 is 8.73. The summed E-state index contributed by atoms with van der Waals surface area (Å²) in [5, 5.41) is 4.81. The molecule has 45 heavy (non-hydrogen) atoms. The number of furan rings is 1. The van der Waals surface area contributed by atoms with E-state index in [4.69, 9.17) is 4.42 Å². The summed E-state index contributed by atoms with van der Waals surface area (Å²) in [6.45, 7) is 0. The molecule has 1 spiro atoms. The molecule has 0 N–H and O–H groups in total. The molecule has 0 saturated carbocycles. The van der Waals surface area contributed by atoms with Crippen molar-refractivity contribution in [1.29, 1.82) is 0 Å². The van der Waals surface area contributed by atoms with E-state index in [-0.39, 0.29) is 5.41 Å². The second-order valence-electron chi connectivity index (χ2n) is 12.4. The molecule has 2 heteroatoms. The van der Waals surface area contributed by atoms with Gasteiger partial charge in [-0.25, -0.2) is 0 Å². The van der Waals surface area contributed by atoms with Crippen molar-refractivity contribution in [3.63, 3.8) is 0 Å². The molecule has 9 aromatic rings. The highest BCUT2D eigenvalue weighted by Gasteiger charge is 2.52. The second kappa shape index (κ2) is 8.19. The maximum atomic E-state index is 6.24. The standard InChI is InChI=1S/C43H25NO/c1-6-16-34-27(11-1)28-12-2-7-17-35(28)43(34)36-18-8-3-15-32(36)41-37(43)23-22-31-29-13-4-9-19-38(29)44(42(31)41)26-21-24-40-33(25-26)30-14-5-10-20-39(30)45-40/h1-25H. The molecule has 0 aliphatic heterocycles. The minimum atomic E-state index is -0.376. The Morgan fingerprint density at radius 2 is 1.02 bits per heavy atom. The van der Waals surface area contributed by atoms with Crippen molar-refractivity contribution >= 4 is 43.7 Å². The summed E-state index contributed by atoms with van der Waals surface area (Å²) in [6.07, 6.45) is 0. The van der Waals surface area contributed by atoms with Crippen molar-refractivity contribution < 1.29 is 4.42 Å². The number of para-hydroxylation sites is 2. The number of aromatic nitrogens is 1. The van der Waals surface area contributed by atoms with Gasteiger partial charge in [0.05, 0.1) is 16.4 Å². The lowest BCUT2D eigenvalue weighted by Gasteiger charge is -2.30. The number of benzene rings is 7. The average molecular weight is 572 g/mol. The van der Waals surface area contributed by atoms with E-state index in [2.05, 4.69) is 150 Å². The first-order valence-electron chi connectivity index (χ1n) is 15.6. The number of hydrogen-bond donors (Lipinski definition) is 0. The molecule has 2 aliphatic rings. The topological polar surface area (TPSA) is 18.1 Å². The lowest BCUT2D eigenvalue weighted by molar-refractivity contribution is 0.669. The van der Waals surface area contributed by atoms with Crippen molar-refractivity contribution in [3.8, 4) is 27.9 Å². The van der Waals surface area contributed by atoms with Gasteiger partial charge in [-0.2, -0.15) is 0 Å². The zero-order chi connectivity index (χ0) is 29.3. The van der Waals surface area contributed by atoms with Gasteiger partial charge in [-0.15, -0.1) is 0 Å². The van der Waals surface area contributed by atoms with E-state index in [9.17, 15) is 0 Å². The first-order valence-corrected chi connectivity index (χ1v) is 15.6. The van der Waals surface area contributed by atoms with Crippen molar-refractivity contribution in [2.45, 2.75) is 5.41 Å². The van der Waals surface area contributed by atoms with E-state index in [1.807, 2.05) is 6.07 Å². The Morgan fingerprint density at radius 3 is 1.80 bits per heavy atom. The van der Waals surface area contributed by atoms with E-state index >= 15 is 0 Å². The smallest absolute Gasteiger partial charge is 0.135 e. The Balaban J connectivity index is 1.33. The first kappa shape index (κ1) is 23.6. The van der Waals surface area contributed by atoms with Gasteiger partial charge in [0.2, 0.25) is 0 Å². The van der Waals surface area contributed by atoms with Gasteiger partial charge in [0.15, 0.2) is 0 Å². The van der Waals surface area contributed by atoms with Crippen LogP contribution >= 0.6 is 0 Å². The summed E-state index contributed by atoms with van der Waals surface area (Å²) in [7, 11) is 0. The summed E-state index contributed by atoms with van der Waals surface area (Å²) in [5.74, 6) is 0. The Hall–Kier alpha value is -5.86. The third-order valence-electron chi connectivity index (χ3n) is 10.4. The van der Waals surface area contributed by atoms with Crippen LogP contribution in [0.5, 0.6) is 0 Å². The molecule has 2 aromatic heterocycles. The molecule has 2 aliphatic carbocycles. The molecule has 7 aromatic carbocycles. The van der Waals surface area contributed by atoms with Crippen LogP contribution in [-0.2, 0) is 5.41 Å². The monoisotopic (exact) mass is 571 g/mol. The molecular formula is C43H25NO. The van der Waals surface area contributed by atoms with Gasteiger partial charge >= 0.3 is 0 Å². The zero-order valence-electron chi connectivity index (χ0n) is 24.3. The maximum Gasteiger partial charge on any atom is 0.135 e.